The lowest BCUT2D eigenvalue weighted by atomic mass is 10.2. The first-order valence-corrected chi connectivity index (χ1v) is 5.91. The monoisotopic (exact) mass is 290 g/mol. The van der Waals surface area contributed by atoms with Crippen LogP contribution in [0.3, 0.4) is 0 Å². The minimum Gasteiger partial charge on any atom is -0.484 e. The van der Waals surface area contributed by atoms with Crippen LogP contribution in [0.2, 0.25) is 0 Å². The molecule has 0 aliphatic carbocycles. The second-order valence-corrected chi connectivity index (χ2v) is 3.84. The summed E-state index contributed by atoms with van der Waals surface area (Å²) in [6.07, 6.45) is 4.97. The Morgan fingerprint density at radius 1 is 1.19 bits per heavy atom. The van der Waals surface area contributed by atoms with Gasteiger partial charge in [-0.05, 0) is 24.3 Å². The normalized spacial score (nSPS) is 9.29. The van der Waals surface area contributed by atoms with Gasteiger partial charge in [-0.1, -0.05) is 5.92 Å². The Balaban J connectivity index is 2.46. The van der Waals surface area contributed by atoms with E-state index >= 15 is 0 Å². The van der Waals surface area contributed by atoms with Gasteiger partial charge >= 0.3 is 5.97 Å². The highest BCUT2D eigenvalue weighted by molar-refractivity contribution is 5.91. The van der Waals surface area contributed by atoms with E-state index < -0.39 is 24.4 Å². The number of carbonyl (C=O) groups is 3. The topological polar surface area (TPSA) is 108 Å². The van der Waals surface area contributed by atoms with Crippen molar-refractivity contribution in [2.24, 2.45) is 5.73 Å². The van der Waals surface area contributed by atoms with Crippen molar-refractivity contribution in [1.29, 1.82) is 0 Å². The van der Waals surface area contributed by atoms with Crippen molar-refractivity contribution in [3.63, 3.8) is 0 Å². The number of hydrogen-bond donors (Lipinski definition) is 2. The van der Waals surface area contributed by atoms with Crippen molar-refractivity contribution in [1.82, 2.24) is 5.32 Å². The van der Waals surface area contributed by atoms with E-state index in [0.717, 1.165) is 0 Å². The van der Waals surface area contributed by atoms with Crippen LogP contribution in [-0.2, 0) is 14.3 Å². The molecule has 3 N–H and O–H groups in total. The Bertz CT molecular complexity index is 560. The minimum atomic E-state index is -0.660. The van der Waals surface area contributed by atoms with E-state index in [-0.39, 0.29) is 18.7 Å². The Labute approximate surface area is 121 Å². The number of esters is 1. The number of hydrogen-bond acceptors (Lipinski definition) is 5. The molecule has 0 aliphatic heterocycles. The largest absolute Gasteiger partial charge is 0.484 e. The van der Waals surface area contributed by atoms with Crippen molar-refractivity contribution in [2.75, 3.05) is 19.8 Å². The lowest BCUT2D eigenvalue weighted by molar-refractivity contribution is -0.124. The average Bonchev–Trinajstić information content (AvgIpc) is 2.49. The van der Waals surface area contributed by atoms with Crippen LogP contribution in [0.25, 0.3) is 0 Å². The molecule has 21 heavy (non-hydrogen) atoms. The highest BCUT2D eigenvalue weighted by Crippen LogP contribution is 2.12. The molecule has 0 spiro atoms. The van der Waals surface area contributed by atoms with Gasteiger partial charge in [0, 0.05) is 0 Å². The summed E-state index contributed by atoms with van der Waals surface area (Å²) in [4.78, 5) is 33.4. The number of ether oxygens (including phenoxy) is 2. The second-order valence-electron chi connectivity index (χ2n) is 3.84. The number of benzene rings is 1. The van der Waals surface area contributed by atoms with Crippen molar-refractivity contribution < 1.29 is 23.9 Å². The molecule has 110 valence electrons. The van der Waals surface area contributed by atoms with Gasteiger partial charge in [0.2, 0.25) is 0 Å². The minimum absolute atomic E-state index is 0.0717. The van der Waals surface area contributed by atoms with E-state index in [9.17, 15) is 14.4 Å². The zero-order valence-corrected chi connectivity index (χ0v) is 11.1. The third-order valence-electron chi connectivity index (χ3n) is 2.19. The molecule has 7 heteroatoms. The predicted molar refractivity (Wildman–Crippen MR) is 73.3 cm³/mol. The number of primary amides is 1. The van der Waals surface area contributed by atoms with Crippen LogP contribution in [0.4, 0.5) is 0 Å². The highest BCUT2D eigenvalue weighted by Gasteiger charge is 2.10. The molecule has 0 aliphatic rings. The van der Waals surface area contributed by atoms with Gasteiger partial charge in [0.25, 0.3) is 11.8 Å². The molecule has 2 amide bonds. The maximum atomic E-state index is 11.6. The van der Waals surface area contributed by atoms with Crippen molar-refractivity contribution >= 4 is 17.8 Å². The number of nitrogens with one attached hydrogen (secondary N) is 1. The van der Waals surface area contributed by atoms with Gasteiger partial charge < -0.3 is 20.5 Å². The van der Waals surface area contributed by atoms with Gasteiger partial charge in [0.1, 0.15) is 5.75 Å². The van der Waals surface area contributed by atoms with Crippen molar-refractivity contribution in [3.05, 3.63) is 29.8 Å². The lowest BCUT2D eigenvalue weighted by Gasteiger charge is -2.06. The molecule has 0 saturated heterocycles. The van der Waals surface area contributed by atoms with E-state index in [1.807, 2.05) is 0 Å². The molecule has 0 aromatic heterocycles. The average molecular weight is 290 g/mol. The molecule has 1 aromatic carbocycles. The fourth-order valence-electron chi connectivity index (χ4n) is 1.26. The van der Waals surface area contributed by atoms with Crippen molar-refractivity contribution in [3.8, 4) is 18.1 Å². The van der Waals surface area contributed by atoms with Crippen LogP contribution < -0.4 is 15.8 Å². The Morgan fingerprint density at radius 2 is 1.86 bits per heavy atom. The van der Waals surface area contributed by atoms with Crippen LogP contribution in [0.5, 0.6) is 5.75 Å². The summed E-state index contributed by atoms with van der Waals surface area (Å²) in [5, 5.41) is 2.36. The van der Waals surface area contributed by atoms with Crippen LogP contribution in [0, 0.1) is 12.3 Å². The molecule has 7 nitrogen and oxygen atoms in total. The zero-order valence-electron chi connectivity index (χ0n) is 11.1. The van der Waals surface area contributed by atoms with Crippen LogP contribution in [0.1, 0.15) is 10.4 Å². The second kappa shape index (κ2) is 8.22. The molecule has 0 fully saturated rings. The maximum absolute atomic E-state index is 11.6. The third kappa shape index (κ3) is 6.11. The summed E-state index contributed by atoms with van der Waals surface area (Å²) >= 11 is 0. The van der Waals surface area contributed by atoms with E-state index in [1.54, 1.807) is 0 Å². The molecular formula is C14H14N2O5. The summed E-state index contributed by atoms with van der Waals surface area (Å²) in [5.74, 6) is 0.867. The quantitative estimate of drug-likeness (QED) is 0.518. The van der Waals surface area contributed by atoms with Gasteiger partial charge in [0.05, 0.1) is 12.1 Å². The zero-order chi connectivity index (χ0) is 15.7. The molecule has 0 bridgehead atoms. The van der Waals surface area contributed by atoms with E-state index in [0.29, 0.717) is 5.75 Å². The van der Waals surface area contributed by atoms with Gasteiger partial charge in [-0.2, -0.15) is 0 Å². The fourth-order valence-corrected chi connectivity index (χ4v) is 1.26. The number of amides is 2. The molecule has 0 unspecified atom stereocenters. The maximum Gasteiger partial charge on any atom is 0.338 e. The van der Waals surface area contributed by atoms with Gasteiger partial charge in [0.15, 0.2) is 13.2 Å². The van der Waals surface area contributed by atoms with Gasteiger partial charge in [-0.3, -0.25) is 9.59 Å². The van der Waals surface area contributed by atoms with Crippen LogP contribution >= 0.6 is 0 Å². The van der Waals surface area contributed by atoms with Crippen molar-refractivity contribution in [2.45, 2.75) is 0 Å². The Morgan fingerprint density at radius 3 is 2.43 bits per heavy atom. The highest BCUT2D eigenvalue weighted by atomic mass is 16.5. The fraction of sp³-hybridized carbons (Fsp3) is 0.214. The van der Waals surface area contributed by atoms with Gasteiger partial charge in [-0.25, -0.2) is 4.79 Å². The van der Waals surface area contributed by atoms with Crippen LogP contribution in [0.15, 0.2) is 24.3 Å². The first-order valence-electron chi connectivity index (χ1n) is 5.91. The number of terminal acetylenes is 1. The van der Waals surface area contributed by atoms with Crippen LogP contribution in [-0.4, -0.2) is 37.5 Å². The molecular weight excluding hydrogens is 276 g/mol. The smallest absolute Gasteiger partial charge is 0.338 e. The van der Waals surface area contributed by atoms with E-state index in [2.05, 4.69) is 11.2 Å². The summed E-state index contributed by atoms with van der Waals surface area (Å²) < 4.78 is 9.83. The molecule has 0 heterocycles. The third-order valence-corrected chi connectivity index (χ3v) is 2.19. The summed E-state index contributed by atoms with van der Waals surface area (Å²) in [6.45, 7) is -0.595. The SMILES string of the molecule is C#CCNC(=O)COC(=O)c1ccc(OCC(N)=O)cc1. The number of nitrogens with two attached hydrogens (primary N) is 1. The summed E-state index contributed by atoms with van der Waals surface area (Å²) in [5.41, 5.74) is 5.17. The van der Waals surface area contributed by atoms with E-state index in [4.69, 9.17) is 21.6 Å². The number of carbonyl (C=O) groups excluding carboxylic acids is 3. The summed E-state index contributed by atoms with van der Waals surface area (Å²) in [7, 11) is 0. The molecule has 0 atom stereocenters. The molecule has 0 radical (unpaired) electrons. The predicted octanol–water partition coefficient (Wildman–Crippen LogP) is -0.543. The first-order chi connectivity index (χ1) is 10.0. The first kappa shape index (κ1) is 16.0. The van der Waals surface area contributed by atoms with E-state index in [1.165, 1.54) is 24.3 Å². The molecule has 1 rings (SSSR count). The Kier molecular flexibility index (Phi) is 6.28. The number of rotatable bonds is 7. The lowest BCUT2D eigenvalue weighted by Crippen LogP contribution is -2.28. The summed E-state index contributed by atoms with van der Waals surface area (Å²) in [6, 6.07) is 5.85. The molecule has 0 saturated carbocycles. The Hall–Kier alpha value is -3.01. The van der Waals surface area contributed by atoms with Gasteiger partial charge in [-0.15, -0.1) is 6.42 Å². The molecule has 1 aromatic rings. The standard InChI is InChI=1S/C14H14N2O5/c1-2-7-16-13(18)9-21-14(19)10-3-5-11(6-4-10)20-8-12(15)17/h1,3-6H,7-9H2,(H2,15,17)(H,16,18).